The molecular weight excluding hydrogens is 190 g/mol. The topological polar surface area (TPSA) is 58.0 Å². The number of nitrogens with zero attached hydrogens (tertiary/aromatic N) is 2. The summed E-state index contributed by atoms with van der Waals surface area (Å²) in [5, 5.41) is 21.0. The minimum absolute atomic E-state index is 0.463. The second kappa shape index (κ2) is 3.77. The lowest BCUT2D eigenvalue weighted by Gasteiger charge is -2.38. The van der Waals surface area contributed by atoms with Crippen LogP contribution < -0.4 is 5.32 Å². The first kappa shape index (κ1) is 11.9. The van der Waals surface area contributed by atoms with E-state index in [2.05, 4.69) is 15.5 Å². The summed E-state index contributed by atoms with van der Waals surface area (Å²) in [7, 11) is 0. The van der Waals surface area contributed by atoms with Crippen molar-refractivity contribution in [2.24, 2.45) is 0 Å². The van der Waals surface area contributed by atoms with E-state index >= 15 is 0 Å². The predicted molar refractivity (Wildman–Crippen MR) is 60.8 cm³/mol. The number of aromatic nitrogens is 2. The van der Waals surface area contributed by atoms with Crippen molar-refractivity contribution in [3.63, 3.8) is 0 Å². The Hall–Kier alpha value is -1.16. The van der Waals surface area contributed by atoms with Gasteiger partial charge in [-0.05, 0) is 46.2 Å². The van der Waals surface area contributed by atoms with Gasteiger partial charge in [-0.25, -0.2) is 0 Å². The fourth-order valence-corrected chi connectivity index (χ4v) is 0.998. The molecule has 0 aliphatic rings. The molecule has 0 spiro atoms. The second-order valence-corrected chi connectivity index (χ2v) is 4.93. The molecule has 0 saturated heterocycles. The maximum atomic E-state index is 9.97. The molecule has 1 aromatic heterocycles. The van der Waals surface area contributed by atoms with Crippen molar-refractivity contribution in [3.8, 4) is 0 Å². The minimum Gasteiger partial charge on any atom is -0.388 e. The van der Waals surface area contributed by atoms with Crippen molar-refractivity contribution in [2.45, 2.75) is 45.8 Å². The highest BCUT2D eigenvalue weighted by Gasteiger charge is 2.35. The normalized spacial score (nSPS) is 12.7. The standard InChI is InChI=1S/C11H19N3O/c1-8-6-9(14-12-7-8)13-10(2,3)11(4,5)15/h6-7,15H,1-5H3,(H,13,14). The van der Waals surface area contributed by atoms with Crippen LogP contribution in [0.15, 0.2) is 12.3 Å². The highest BCUT2D eigenvalue weighted by molar-refractivity contribution is 5.39. The molecule has 0 aliphatic heterocycles. The monoisotopic (exact) mass is 209 g/mol. The molecule has 0 aliphatic carbocycles. The van der Waals surface area contributed by atoms with Gasteiger partial charge in [-0.2, -0.15) is 5.10 Å². The van der Waals surface area contributed by atoms with Gasteiger partial charge in [-0.15, -0.1) is 5.10 Å². The largest absolute Gasteiger partial charge is 0.388 e. The molecule has 0 unspecified atom stereocenters. The number of rotatable bonds is 3. The van der Waals surface area contributed by atoms with Crippen LogP contribution in [0.2, 0.25) is 0 Å². The Morgan fingerprint density at radius 2 is 1.87 bits per heavy atom. The maximum absolute atomic E-state index is 9.97. The summed E-state index contributed by atoms with van der Waals surface area (Å²) < 4.78 is 0. The van der Waals surface area contributed by atoms with Gasteiger partial charge in [-0.3, -0.25) is 0 Å². The molecule has 84 valence electrons. The quantitative estimate of drug-likeness (QED) is 0.796. The Morgan fingerprint density at radius 1 is 1.27 bits per heavy atom. The van der Waals surface area contributed by atoms with Gasteiger partial charge in [0.1, 0.15) is 5.82 Å². The van der Waals surface area contributed by atoms with Gasteiger partial charge in [0.15, 0.2) is 0 Å². The zero-order valence-corrected chi connectivity index (χ0v) is 10.00. The van der Waals surface area contributed by atoms with Crippen LogP contribution in [0, 0.1) is 6.92 Å². The third kappa shape index (κ3) is 2.89. The highest BCUT2D eigenvalue weighted by atomic mass is 16.3. The third-order valence-corrected chi connectivity index (χ3v) is 2.76. The maximum Gasteiger partial charge on any atom is 0.149 e. The molecule has 1 aromatic rings. The molecule has 0 bridgehead atoms. The van der Waals surface area contributed by atoms with Crippen LogP contribution in [0.3, 0.4) is 0 Å². The molecule has 15 heavy (non-hydrogen) atoms. The Labute approximate surface area is 90.7 Å². The van der Waals surface area contributed by atoms with Gasteiger partial charge >= 0.3 is 0 Å². The average Bonchev–Trinajstić information content (AvgIpc) is 2.00. The number of hydrogen-bond donors (Lipinski definition) is 2. The molecule has 1 heterocycles. The van der Waals surface area contributed by atoms with Gasteiger partial charge < -0.3 is 10.4 Å². The van der Waals surface area contributed by atoms with Crippen LogP contribution in [-0.2, 0) is 0 Å². The summed E-state index contributed by atoms with van der Waals surface area (Å²) in [5.74, 6) is 0.683. The van der Waals surface area contributed by atoms with Crippen LogP contribution in [-0.4, -0.2) is 26.4 Å². The molecule has 4 nitrogen and oxygen atoms in total. The zero-order chi connectivity index (χ0) is 11.7. The van der Waals surface area contributed by atoms with Crippen molar-refractivity contribution in [1.82, 2.24) is 10.2 Å². The smallest absolute Gasteiger partial charge is 0.149 e. The van der Waals surface area contributed by atoms with E-state index in [-0.39, 0.29) is 0 Å². The summed E-state index contributed by atoms with van der Waals surface area (Å²) in [6.07, 6.45) is 1.70. The molecular formula is C11H19N3O. The van der Waals surface area contributed by atoms with Crippen molar-refractivity contribution in [3.05, 3.63) is 17.8 Å². The van der Waals surface area contributed by atoms with Gasteiger partial charge in [0, 0.05) is 0 Å². The van der Waals surface area contributed by atoms with Gasteiger partial charge in [-0.1, -0.05) is 0 Å². The average molecular weight is 209 g/mol. The molecule has 0 amide bonds. The molecule has 0 atom stereocenters. The molecule has 2 N–H and O–H groups in total. The van der Waals surface area contributed by atoms with Gasteiger partial charge in [0.05, 0.1) is 17.3 Å². The summed E-state index contributed by atoms with van der Waals surface area (Å²) in [6, 6.07) is 1.90. The SMILES string of the molecule is Cc1cnnc(NC(C)(C)C(C)(C)O)c1. The van der Waals surface area contributed by atoms with E-state index in [1.165, 1.54) is 0 Å². The van der Waals surface area contributed by atoms with E-state index in [4.69, 9.17) is 0 Å². The minimum atomic E-state index is -0.835. The zero-order valence-electron chi connectivity index (χ0n) is 10.00. The number of hydrogen-bond acceptors (Lipinski definition) is 4. The Kier molecular flexibility index (Phi) is 3.00. The predicted octanol–water partition coefficient (Wildman–Crippen LogP) is 1.75. The van der Waals surface area contributed by atoms with Crippen molar-refractivity contribution < 1.29 is 5.11 Å². The summed E-state index contributed by atoms with van der Waals surface area (Å²) in [4.78, 5) is 0. The molecule has 0 fully saturated rings. The van der Waals surface area contributed by atoms with Crippen LogP contribution in [0.25, 0.3) is 0 Å². The Morgan fingerprint density at radius 3 is 2.33 bits per heavy atom. The molecule has 1 rings (SSSR count). The molecule has 4 heteroatoms. The lowest BCUT2D eigenvalue weighted by Crippen LogP contribution is -2.51. The number of anilines is 1. The van der Waals surface area contributed by atoms with Crippen molar-refractivity contribution >= 4 is 5.82 Å². The van der Waals surface area contributed by atoms with Crippen molar-refractivity contribution in [2.75, 3.05) is 5.32 Å². The first-order valence-electron chi connectivity index (χ1n) is 5.02. The Balaban J connectivity index is 2.87. The lowest BCUT2D eigenvalue weighted by atomic mass is 9.86. The third-order valence-electron chi connectivity index (χ3n) is 2.76. The summed E-state index contributed by atoms with van der Waals surface area (Å²) in [6.45, 7) is 9.34. The van der Waals surface area contributed by atoms with E-state index in [9.17, 15) is 5.11 Å². The van der Waals surface area contributed by atoms with E-state index < -0.39 is 11.1 Å². The number of aryl methyl sites for hydroxylation is 1. The fourth-order valence-electron chi connectivity index (χ4n) is 0.998. The van der Waals surface area contributed by atoms with E-state index in [1.54, 1.807) is 20.0 Å². The summed E-state index contributed by atoms with van der Waals surface area (Å²) >= 11 is 0. The lowest BCUT2D eigenvalue weighted by molar-refractivity contribution is 0.0238. The molecule has 0 aromatic carbocycles. The van der Waals surface area contributed by atoms with Crippen LogP contribution in [0.5, 0.6) is 0 Å². The Bertz CT molecular complexity index is 342. The van der Waals surface area contributed by atoms with E-state index in [0.29, 0.717) is 5.82 Å². The van der Waals surface area contributed by atoms with E-state index in [1.807, 2.05) is 26.8 Å². The number of nitrogens with one attached hydrogen (secondary N) is 1. The number of aliphatic hydroxyl groups is 1. The van der Waals surface area contributed by atoms with Crippen LogP contribution in [0.1, 0.15) is 33.3 Å². The first-order chi connectivity index (χ1) is 6.72. The van der Waals surface area contributed by atoms with Crippen LogP contribution in [0.4, 0.5) is 5.82 Å². The van der Waals surface area contributed by atoms with Gasteiger partial charge in [0.25, 0.3) is 0 Å². The van der Waals surface area contributed by atoms with E-state index in [0.717, 1.165) is 5.56 Å². The fraction of sp³-hybridized carbons (Fsp3) is 0.636. The second-order valence-electron chi connectivity index (χ2n) is 4.93. The highest BCUT2D eigenvalue weighted by Crippen LogP contribution is 2.24. The molecule has 0 saturated carbocycles. The molecule has 0 radical (unpaired) electrons. The first-order valence-corrected chi connectivity index (χ1v) is 5.02. The van der Waals surface area contributed by atoms with Crippen molar-refractivity contribution in [1.29, 1.82) is 0 Å². The van der Waals surface area contributed by atoms with Crippen LogP contribution >= 0.6 is 0 Å². The van der Waals surface area contributed by atoms with Gasteiger partial charge in [0.2, 0.25) is 0 Å². The summed E-state index contributed by atoms with van der Waals surface area (Å²) in [5.41, 5.74) is -0.257.